The molecule has 0 fully saturated rings. The van der Waals surface area contributed by atoms with E-state index >= 15 is 0 Å². The number of nitrogens with zero attached hydrogens (tertiary/aromatic N) is 3. The summed E-state index contributed by atoms with van der Waals surface area (Å²) in [6, 6.07) is 8.54. The molecule has 2 aromatic rings. The summed E-state index contributed by atoms with van der Waals surface area (Å²) in [7, 11) is 0. The molecule has 2 heterocycles. The van der Waals surface area contributed by atoms with Crippen molar-refractivity contribution in [1.82, 2.24) is 10.6 Å². The minimum atomic E-state index is -0.718. The Bertz CT molecular complexity index is 1090. The van der Waals surface area contributed by atoms with Crippen LogP contribution in [0.25, 0.3) is 16.0 Å². The Morgan fingerprint density at radius 1 is 1.26 bits per heavy atom. The van der Waals surface area contributed by atoms with Gasteiger partial charge in [0, 0.05) is 51.3 Å². The van der Waals surface area contributed by atoms with Crippen LogP contribution < -0.4 is 38.4 Å². The van der Waals surface area contributed by atoms with Crippen LogP contribution in [0, 0.1) is 0 Å². The summed E-state index contributed by atoms with van der Waals surface area (Å²) >= 11 is 1.69. The van der Waals surface area contributed by atoms with Gasteiger partial charge >= 0.3 is 0 Å². The molecule has 0 aliphatic carbocycles. The highest BCUT2D eigenvalue weighted by atomic mass is 32.1. The highest BCUT2D eigenvalue weighted by molar-refractivity contribution is 7.15. The van der Waals surface area contributed by atoms with Crippen LogP contribution in [0.4, 0.5) is 0 Å². The molecule has 0 radical (unpaired) electrons. The summed E-state index contributed by atoms with van der Waals surface area (Å²) in [5, 5.41) is 13.8. The third kappa shape index (κ3) is 7.33. The van der Waals surface area contributed by atoms with Gasteiger partial charge in [-0.3, -0.25) is 21.4 Å². The van der Waals surface area contributed by atoms with E-state index in [4.69, 9.17) is 27.8 Å². The largest absolute Gasteiger partial charge is 0.493 e. The first-order valence-corrected chi connectivity index (χ1v) is 12.4. The number of ether oxygens (including phenoxy) is 1. The Labute approximate surface area is 210 Å². The van der Waals surface area contributed by atoms with E-state index in [1.54, 1.807) is 23.8 Å². The van der Waals surface area contributed by atoms with Crippen molar-refractivity contribution in [2.24, 2.45) is 38.4 Å². The van der Waals surface area contributed by atoms with Gasteiger partial charge in [-0.25, -0.2) is 0 Å². The Kier molecular flexibility index (Phi) is 8.98. The van der Waals surface area contributed by atoms with Crippen LogP contribution in [0.1, 0.15) is 49.9 Å². The van der Waals surface area contributed by atoms with Crippen molar-refractivity contribution in [1.29, 1.82) is 0 Å². The molecule has 0 spiro atoms. The molecule has 0 bridgehead atoms. The van der Waals surface area contributed by atoms with Crippen molar-refractivity contribution in [2.75, 3.05) is 13.2 Å². The lowest BCUT2D eigenvalue weighted by molar-refractivity contribution is 0.326. The van der Waals surface area contributed by atoms with Gasteiger partial charge in [-0.2, -0.15) is 0 Å². The summed E-state index contributed by atoms with van der Waals surface area (Å²) in [6.45, 7) is 9.11. The predicted molar refractivity (Wildman–Crippen MR) is 144 cm³/mol. The van der Waals surface area contributed by atoms with Gasteiger partial charge in [-0.15, -0.1) is 16.5 Å². The molecule has 11 heteroatoms. The van der Waals surface area contributed by atoms with Crippen LogP contribution in [-0.4, -0.2) is 37.2 Å². The molecule has 0 saturated carbocycles. The molecule has 0 amide bonds. The second-order valence-electron chi connectivity index (χ2n) is 9.49. The number of hydrogen-bond acceptors (Lipinski definition) is 10. The minimum Gasteiger partial charge on any atom is -0.493 e. The van der Waals surface area contributed by atoms with Gasteiger partial charge in [0.15, 0.2) is 6.29 Å². The third-order valence-corrected chi connectivity index (χ3v) is 6.51. The van der Waals surface area contributed by atoms with Crippen molar-refractivity contribution in [3.63, 3.8) is 0 Å². The fraction of sp³-hybridized carbons (Fsp3) is 0.458. The average Bonchev–Trinajstić information content (AvgIpc) is 3.12. The summed E-state index contributed by atoms with van der Waals surface area (Å²) in [5.74, 6) is 5.98. The second kappa shape index (κ2) is 11.7. The molecule has 1 aliphatic rings. The zero-order chi connectivity index (χ0) is 25.6. The highest BCUT2D eigenvalue weighted by Crippen LogP contribution is 2.43. The van der Waals surface area contributed by atoms with E-state index in [1.807, 2.05) is 26.0 Å². The number of rotatable bonds is 10. The lowest BCUT2D eigenvalue weighted by atomic mass is 10.0. The Hall–Kier alpha value is -2.83. The summed E-state index contributed by atoms with van der Waals surface area (Å²) in [4.78, 5) is 6.72. The summed E-state index contributed by atoms with van der Waals surface area (Å²) in [5.41, 5.74) is 21.6. The predicted octanol–water partition coefficient (Wildman–Crippen LogP) is 2.61. The van der Waals surface area contributed by atoms with Crippen LogP contribution >= 0.6 is 11.3 Å². The lowest BCUT2D eigenvalue weighted by Crippen LogP contribution is -2.45. The fourth-order valence-corrected chi connectivity index (χ4v) is 4.96. The summed E-state index contributed by atoms with van der Waals surface area (Å²) < 4.78 is 6.13. The Morgan fingerprint density at radius 3 is 2.69 bits per heavy atom. The van der Waals surface area contributed by atoms with E-state index in [0.29, 0.717) is 13.2 Å². The molecule has 3 rings (SSSR count). The van der Waals surface area contributed by atoms with Crippen LogP contribution in [0.5, 0.6) is 5.75 Å². The molecule has 10 nitrogen and oxygen atoms in total. The van der Waals surface area contributed by atoms with Gasteiger partial charge in [-0.1, -0.05) is 11.3 Å². The molecule has 1 aliphatic heterocycles. The molecule has 2 unspecified atom stereocenters. The van der Waals surface area contributed by atoms with Gasteiger partial charge in [0.1, 0.15) is 5.75 Å². The third-order valence-electron chi connectivity index (χ3n) is 5.24. The Morgan fingerprint density at radius 2 is 2.03 bits per heavy atom. The standard InChI is InChI=1S/C24H37N9OS/c1-14(2)30-22(31-23(26)32-33-28)20-10-16-7-8-34-19-9-15(5-6-18(19)21(16)35-20)17(11-25)12-29-13-24(3,4)27/h5-6,9-12,14,22-23,30-31H,7-8,13,25-27H2,1-4H3,(H2,28,32). The van der Waals surface area contributed by atoms with Crippen LogP contribution in [0.3, 0.4) is 0 Å². The molecule has 1 aromatic heterocycles. The highest BCUT2D eigenvalue weighted by Gasteiger charge is 2.24. The van der Waals surface area contributed by atoms with Gasteiger partial charge in [0.2, 0.25) is 0 Å². The number of fused-ring (bicyclic) bond motifs is 3. The maximum Gasteiger partial charge on any atom is 0.175 e. The van der Waals surface area contributed by atoms with E-state index in [-0.39, 0.29) is 17.7 Å². The maximum atomic E-state index is 6.13. The topological polar surface area (TPSA) is 174 Å². The van der Waals surface area contributed by atoms with E-state index in [9.17, 15) is 0 Å². The van der Waals surface area contributed by atoms with Crippen molar-refractivity contribution in [3.8, 4) is 16.2 Å². The smallest absolute Gasteiger partial charge is 0.175 e. The lowest BCUT2D eigenvalue weighted by Gasteiger charge is -2.23. The molecule has 0 saturated heterocycles. The van der Waals surface area contributed by atoms with E-state index in [2.05, 4.69) is 51.9 Å². The van der Waals surface area contributed by atoms with Crippen molar-refractivity contribution < 1.29 is 4.74 Å². The molecule has 2 atom stereocenters. The van der Waals surface area contributed by atoms with Gasteiger partial charge in [0.25, 0.3) is 0 Å². The molecule has 190 valence electrons. The maximum absolute atomic E-state index is 6.13. The van der Waals surface area contributed by atoms with Gasteiger partial charge in [-0.05, 0) is 57.0 Å². The molecular weight excluding hydrogens is 462 g/mol. The number of hydrogen-bond donors (Lipinski definition) is 6. The summed E-state index contributed by atoms with van der Waals surface area (Å²) in [6.07, 6.45) is 3.19. The molecule has 10 N–H and O–H groups in total. The average molecular weight is 500 g/mol. The first-order chi connectivity index (χ1) is 16.6. The fourth-order valence-electron chi connectivity index (χ4n) is 3.70. The SMILES string of the molecule is CC(C)NC(NC(N)N=NN)c1cc2c(s1)-c1ccc(C(C=NCC(C)(C)N)=CN)cc1OCC2. The van der Waals surface area contributed by atoms with Crippen LogP contribution in [0.2, 0.25) is 0 Å². The van der Waals surface area contributed by atoms with Gasteiger partial charge in [0.05, 0.1) is 19.3 Å². The number of aliphatic imine (C=N–C) groups is 1. The number of benzene rings is 1. The van der Waals surface area contributed by atoms with Crippen molar-refractivity contribution in [3.05, 3.63) is 46.5 Å². The quantitative estimate of drug-likeness (QED) is 0.0957. The monoisotopic (exact) mass is 499 g/mol. The molecule has 35 heavy (non-hydrogen) atoms. The second-order valence-corrected chi connectivity index (χ2v) is 10.6. The van der Waals surface area contributed by atoms with Crippen LogP contribution in [-0.2, 0) is 6.42 Å². The number of allylic oxidation sites excluding steroid dienone is 1. The minimum absolute atomic E-state index is 0.203. The van der Waals surface area contributed by atoms with Crippen LogP contribution in [0.15, 0.2) is 45.8 Å². The molecular formula is C24H37N9OS. The van der Waals surface area contributed by atoms with Gasteiger partial charge < -0.3 is 22.0 Å². The normalized spacial score (nSPS) is 16.3. The van der Waals surface area contributed by atoms with Crippen molar-refractivity contribution >= 4 is 23.1 Å². The first-order valence-electron chi connectivity index (χ1n) is 11.6. The van der Waals surface area contributed by atoms with Crippen molar-refractivity contribution in [2.45, 2.75) is 58.2 Å². The zero-order valence-corrected chi connectivity index (χ0v) is 21.6. The van der Waals surface area contributed by atoms with E-state index in [0.717, 1.165) is 33.7 Å². The van der Waals surface area contributed by atoms with E-state index < -0.39 is 6.29 Å². The number of thiophene rings is 1. The zero-order valence-electron chi connectivity index (χ0n) is 20.8. The molecule has 1 aromatic carbocycles. The Balaban J connectivity index is 1.92. The van der Waals surface area contributed by atoms with E-state index in [1.165, 1.54) is 10.4 Å². The number of nitrogens with one attached hydrogen (secondary N) is 2. The first kappa shape index (κ1) is 26.8. The number of nitrogens with two attached hydrogens (primary N) is 4.